The number of likely N-dealkylation sites (N-methyl/N-ethyl adjacent to an activating group) is 1. The van der Waals surface area contributed by atoms with Crippen LogP contribution in [0.3, 0.4) is 0 Å². The number of aliphatic imine (C=N–C) groups is 1. The quantitative estimate of drug-likeness (QED) is 0.361. The summed E-state index contributed by atoms with van der Waals surface area (Å²) in [5.41, 5.74) is 0. The van der Waals surface area contributed by atoms with Crippen LogP contribution in [0.1, 0.15) is 28.0 Å². The second-order valence-electron chi connectivity index (χ2n) is 7.63. The first-order valence-corrected chi connectivity index (χ1v) is 11.4. The van der Waals surface area contributed by atoms with Crippen molar-refractivity contribution in [1.82, 2.24) is 34.9 Å². The Morgan fingerprint density at radius 3 is 2.77 bits per heavy atom. The molecule has 0 amide bonds. The van der Waals surface area contributed by atoms with E-state index in [-0.39, 0.29) is 0 Å². The lowest BCUT2D eigenvalue weighted by molar-refractivity contribution is 0.0375. The Morgan fingerprint density at radius 2 is 2.10 bits per heavy atom. The molecule has 1 fully saturated rings. The van der Waals surface area contributed by atoms with Gasteiger partial charge in [-0.2, -0.15) is 0 Å². The number of guanidine groups is 1. The zero-order valence-electron chi connectivity index (χ0n) is 18.6. The van der Waals surface area contributed by atoms with Crippen LogP contribution in [-0.2, 0) is 24.8 Å². The molecule has 30 heavy (non-hydrogen) atoms. The number of aryl methyl sites for hydroxylation is 2. The van der Waals surface area contributed by atoms with E-state index in [2.05, 4.69) is 44.3 Å². The maximum Gasteiger partial charge on any atom is 0.194 e. The van der Waals surface area contributed by atoms with Gasteiger partial charge in [0.1, 0.15) is 12.4 Å². The molecule has 0 unspecified atom stereocenters. The van der Waals surface area contributed by atoms with Crippen LogP contribution in [0.15, 0.2) is 11.2 Å². The number of hydrogen-bond acceptors (Lipinski definition) is 7. The van der Waals surface area contributed by atoms with Gasteiger partial charge in [-0.05, 0) is 26.8 Å². The maximum absolute atomic E-state index is 5.43. The average molecular weight is 435 g/mol. The monoisotopic (exact) mass is 434 g/mol. The molecular formula is C20H34N8OS. The summed E-state index contributed by atoms with van der Waals surface area (Å²) in [5, 5.41) is 13.1. The normalized spacial score (nSPS) is 15.5. The van der Waals surface area contributed by atoms with Gasteiger partial charge in [-0.25, -0.2) is 9.98 Å². The molecule has 0 atom stereocenters. The summed E-state index contributed by atoms with van der Waals surface area (Å²) in [6, 6.07) is 0. The molecule has 0 aliphatic carbocycles. The Bertz CT molecular complexity index is 812. The third kappa shape index (κ3) is 6.75. The van der Waals surface area contributed by atoms with E-state index in [4.69, 9.17) is 9.73 Å². The number of nitrogens with zero attached hydrogens (tertiary/aromatic N) is 7. The van der Waals surface area contributed by atoms with Crippen LogP contribution in [0.2, 0.25) is 0 Å². The molecule has 1 aliphatic heterocycles. The topological polar surface area (TPSA) is 83.7 Å². The zero-order chi connectivity index (χ0) is 21.3. The average Bonchev–Trinajstić information content (AvgIpc) is 3.31. The minimum Gasteiger partial charge on any atom is -0.379 e. The molecule has 2 aromatic rings. The van der Waals surface area contributed by atoms with Crippen LogP contribution in [0.25, 0.3) is 0 Å². The molecule has 1 N–H and O–H groups in total. The van der Waals surface area contributed by atoms with Crippen LogP contribution in [0.5, 0.6) is 0 Å². The Hall–Kier alpha value is -2.04. The highest BCUT2D eigenvalue weighted by Crippen LogP contribution is 2.12. The molecule has 0 saturated carbocycles. The molecule has 9 nitrogen and oxygen atoms in total. The molecule has 0 bridgehead atoms. The van der Waals surface area contributed by atoms with Crippen molar-refractivity contribution in [2.24, 2.45) is 12.0 Å². The summed E-state index contributed by atoms with van der Waals surface area (Å²) < 4.78 is 7.41. The lowest BCUT2D eigenvalue weighted by Crippen LogP contribution is -2.42. The lowest BCUT2D eigenvalue weighted by Gasteiger charge is -2.27. The highest BCUT2D eigenvalue weighted by molar-refractivity contribution is 7.11. The number of aromatic nitrogens is 4. The predicted octanol–water partition coefficient (Wildman–Crippen LogP) is 1.23. The van der Waals surface area contributed by atoms with Crippen molar-refractivity contribution in [2.75, 3.05) is 53.0 Å². The van der Waals surface area contributed by atoms with Gasteiger partial charge >= 0.3 is 0 Å². The van der Waals surface area contributed by atoms with Gasteiger partial charge in [-0.15, -0.1) is 21.5 Å². The fourth-order valence-electron chi connectivity index (χ4n) is 3.26. The van der Waals surface area contributed by atoms with Crippen LogP contribution in [-0.4, -0.2) is 88.5 Å². The van der Waals surface area contributed by atoms with Crippen LogP contribution < -0.4 is 5.32 Å². The molecule has 3 rings (SSSR count). The number of ether oxygens (including phenoxy) is 1. The fourth-order valence-corrected chi connectivity index (χ4v) is 4.04. The van der Waals surface area contributed by atoms with Gasteiger partial charge in [0.15, 0.2) is 11.8 Å². The molecule has 0 aromatic carbocycles. The van der Waals surface area contributed by atoms with Gasteiger partial charge in [0.05, 0.1) is 18.2 Å². The van der Waals surface area contributed by atoms with E-state index >= 15 is 0 Å². The predicted molar refractivity (Wildman–Crippen MR) is 120 cm³/mol. The largest absolute Gasteiger partial charge is 0.379 e. The van der Waals surface area contributed by atoms with E-state index in [1.165, 1.54) is 4.88 Å². The van der Waals surface area contributed by atoms with Crippen molar-refractivity contribution < 1.29 is 4.74 Å². The zero-order valence-corrected chi connectivity index (χ0v) is 19.4. The van der Waals surface area contributed by atoms with Crippen molar-refractivity contribution in [2.45, 2.75) is 33.2 Å². The SMILES string of the molecule is Cc1cnc(CCN(C)C(=NCc2nnc(C)n2C)NCCCN2CCOCC2)s1. The minimum atomic E-state index is 0.504. The van der Waals surface area contributed by atoms with E-state index in [0.717, 1.165) is 81.4 Å². The summed E-state index contributed by atoms with van der Waals surface area (Å²) in [4.78, 5) is 15.2. The summed E-state index contributed by atoms with van der Waals surface area (Å²) in [5.74, 6) is 2.66. The minimum absolute atomic E-state index is 0.504. The van der Waals surface area contributed by atoms with Crippen molar-refractivity contribution in [1.29, 1.82) is 0 Å². The number of nitrogens with one attached hydrogen (secondary N) is 1. The second kappa shape index (κ2) is 11.4. The van der Waals surface area contributed by atoms with Gasteiger partial charge in [-0.3, -0.25) is 4.90 Å². The maximum atomic E-state index is 5.43. The van der Waals surface area contributed by atoms with Crippen molar-refractivity contribution in [3.63, 3.8) is 0 Å². The molecule has 1 saturated heterocycles. The molecule has 166 valence electrons. The lowest BCUT2D eigenvalue weighted by atomic mass is 10.3. The van der Waals surface area contributed by atoms with Gasteiger partial charge in [0.2, 0.25) is 0 Å². The first-order chi connectivity index (χ1) is 14.5. The standard InChI is InChI=1S/C20H34N8OS/c1-16-14-22-19(30-16)6-9-26(3)20(23-15-18-25-24-17(2)27(18)4)21-7-5-8-28-10-12-29-13-11-28/h14H,5-13,15H2,1-4H3,(H,21,23). The molecule has 0 radical (unpaired) electrons. The summed E-state index contributed by atoms with van der Waals surface area (Å²) >= 11 is 1.76. The third-order valence-corrected chi connectivity index (χ3v) is 6.26. The Balaban J connectivity index is 1.55. The Morgan fingerprint density at radius 1 is 1.30 bits per heavy atom. The van der Waals surface area contributed by atoms with E-state index in [1.807, 2.05) is 24.7 Å². The van der Waals surface area contributed by atoms with Gasteiger partial charge < -0.3 is 19.5 Å². The van der Waals surface area contributed by atoms with E-state index in [9.17, 15) is 0 Å². The van der Waals surface area contributed by atoms with Gasteiger partial charge in [0, 0.05) is 57.8 Å². The highest BCUT2D eigenvalue weighted by atomic mass is 32.1. The summed E-state index contributed by atoms with van der Waals surface area (Å²) in [6.45, 7) is 11.1. The Kier molecular flexibility index (Phi) is 8.59. The summed E-state index contributed by atoms with van der Waals surface area (Å²) in [7, 11) is 4.06. The smallest absolute Gasteiger partial charge is 0.194 e. The van der Waals surface area contributed by atoms with Crippen molar-refractivity contribution >= 4 is 17.3 Å². The van der Waals surface area contributed by atoms with Crippen molar-refractivity contribution in [3.05, 3.63) is 27.7 Å². The molecule has 1 aliphatic rings. The van der Waals surface area contributed by atoms with E-state index in [0.29, 0.717) is 6.54 Å². The van der Waals surface area contributed by atoms with Crippen LogP contribution in [0, 0.1) is 13.8 Å². The third-order valence-electron chi connectivity index (χ3n) is 5.28. The van der Waals surface area contributed by atoms with Gasteiger partial charge in [-0.1, -0.05) is 0 Å². The first-order valence-electron chi connectivity index (χ1n) is 10.6. The molecule has 0 spiro atoms. The number of thiazole rings is 1. The van der Waals surface area contributed by atoms with Crippen molar-refractivity contribution in [3.8, 4) is 0 Å². The van der Waals surface area contributed by atoms with Crippen LogP contribution in [0.4, 0.5) is 0 Å². The highest BCUT2D eigenvalue weighted by Gasteiger charge is 2.12. The molecule has 2 aromatic heterocycles. The summed E-state index contributed by atoms with van der Waals surface area (Å²) in [6.07, 6.45) is 3.92. The Labute approximate surface area is 183 Å². The van der Waals surface area contributed by atoms with E-state index in [1.54, 1.807) is 11.3 Å². The second-order valence-corrected chi connectivity index (χ2v) is 8.95. The molecular weight excluding hydrogens is 400 g/mol. The molecule has 3 heterocycles. The van der Waals surface area contributed by atoms with Crippen LogP contribution >= 0.6 is 11.3 Å². The first kappa shape index (κ1) is 22.6. The number of morpholine rings is 1. The number of rotatable bonds is 9. The molecule has 10 heteroatoms. The number of hydrogen-bond donors (Lipinski definition) is 1. The van der Waals surface area contributed by atoms with E-state index < -0.39 is 0 Å². The fraction of sp³-hybridized carbons (Fsp3) is 0.700. The van der Waals surface area contributed by atoms with Gasteiger partial charge in [0.25, 0.3) is 0 Å².